The van der Waals surface area contributed by atoms with Gasteiger partial charge in [-0.25, -0.2) is 0 Å². The summed E-state index contributed by atoms with van der Waals surface area (Å²) in [5.74, 6) is 0.350. The Morgan fingerprint density at radius 3 is 2.56 bits per heavy atom. The molecule has 2 fully saturated rings. The number of carbonyl (C=O) groups excluding carboxylic acids is 2. The predicted octanol–water partition coefficient (Wildman–Crippen LogP) is 3.56. The van der Waals surface area contributed by atoms with Crippen LogP contribution in [0.5, 0.6) is 0 Å². The largest absolute Gasteiger partial charge is 0.378 e. The third-order valence-electron chi connectivity index (χ3n) is 5.70. The number of ether oxygens (including phenoxy) is 1. The predicted molar refractivity (Wildman–Crippen MR) is 106 cm³/mol. The lowest BCUT2D eigenvalue weighted by Crippen LogP contribution is -2.54. The molecule has 0 bridgehead atoms. The Morgan fingerprint density at radius 2 is 1.93 bits per heavy atom. The maximum Gasteiger partial charge on any atom is 0.251 e. The zero-order chi connectivity index (χ0) is 19.4. The van der Waals surface area contributed by atoms with E-state index in [9.17, 15) is 9.59 Å². The number of hydrogen-bond donors (Lipinski definition) is 2. The van der Waals surface area contributed by atoms with Crippen molar-refractivity contribution in [3.05, 3.63) is 34.9 Å². The molecule has 6 heteroatoms. The maximum atomic E-state index is 12.9. The average molecular weight is 393 g/mol. The van der Waals surface area contributed by atoms with Gasteiger partial charge in [-0.15, -0.1) is 0 Å². The Labute approximate surface area is 166 Å². The fourth-order valence-electron chi connectivity index (χ4n) is 3.57. The minimum atomic E-state index is -0.555. The van der Waals surface area contributed by atoms with Crippen LogP contribution in [0.3, 0.4) is 0 Å². The molecule has 148 valence electrons. The van der Waals surface area contributed by atoms with Gasteiger partial charge in [-0.05, 0) is 61.8 Å². The molecule has 2 aliphatic rings. The van der Waals surface area contributed by atoms with Gasteiger partial charge in [0.15, 0.2) is 0 Å². The monoisotopic (exact) mass is 392 g/mol. The second-order valence-corrected chi connectivity index (χ2v) is 8.26. The lowest BCUT2D eigenvalue weighted by molar-refractivity contribution is -0.126. The summed E-state index contributed by atoms with van der Waals surface area (Å²) in [4.78, 5) is 25.5. The minimum Gasteiger partial charge on any atom is -0.378 e. The number of carbonyl (C=O) groups is 2. The molecule has 1 heterocycles. The molecule has 1 saturated heterocycles. The van der Waals surface area contributed by atoms with E-state index in [1.54, 1.807) is 24.3 Å². The van der Waals surface area contributed by atoms with E-state index in [-0.39, 0.29) is 29.9 Å². The summed E-state index contributed by atoms with van der Waals surface area (Å²) >= 11 is 5.89. The zero-order valence-electron chi connectivity index (χ0n) is 16.0. The number of nitrogens with one attached hydrogen (secondary N) is 2. The molecule has 1 saturated carbocycles. The molecule has 0 spiro atoms. The summed E-state index contributed by atoms with van der Waals surface area (Å²) < 4.78 is 5.84. The smallest absolute Gasteiger partial charge is 0.251 e. The summed E-state index contributed by atoms with van der Waals surface area (Å²) in [6.07, 6.45) is 5.24. The van der Waals surface area contributed by atoms with Crippen LogP contribution in [0.1, 0.15) is 56.3 Å². The van der Waals surface area contributed by atoms with E-state index in [1.807, 2.05) is 13.8 Å². The van der Waals surface area contributed by atoms with Gasteiger partial charge in [0.2, 0.25) is 5.91 Å². The molecule has 1 aromatic carbocycles. The fourth-order valence-corrected chi connectivity index (χ4v) is 3.70. The molecule has 2 N–H and O–H groups in total. The quantitative estimate of drug-likeness (QED) is 0.745. The number of hydrogen-bond acceptors (Lipinski definition) is 3. The standard InChI is InChI=1S/C21H29ClN2O3/c1-3-13(2)19(24-20(25)15-6-8-16(22)9-7-15)21(26)23-17-10-11-27-18(12-17)14-4-5-14/h6-9,13-14,17-19H,3-5,10-12H2,1-2H3,(H,23,26)(H,24,25)/t13-,17-,18-,19-/m0/s1. The van der Waals surface area contributed by atoms with Gasteiger partial charge in [0.1, 0.15) is 6.04 Å². The van der Waals surface area contributed by atoms with Crippen molar-refractivity contribution >= 4 is 23.4 Å². The van der Waals surface area contributed by atoms with Crippen molar-refractivity contribution in [2.45, 2.75) is 64.1 Å². The van der Waals surface area contributed by atoms with E-state index in [0.29, 0.717) is 23.1 Å². The second kappa shape index (κ2) is 9.07. The molecule has 1 aromatic rings. The van der Waals surface area contributed by atoms with Crippen LogP contribution in [0.2, 0.25) is 5.02 Å². The molecule has 0 unspecified atom stereocenters. The van der Waals surface area contributed by atoms with Crippen molar-refractivity contribution in [3.8, 4) is 0 Å². The van der Waals surface area contributed by atoms with Gasteiger partial charge in [-0.2, -0.15) is 0 Å². The Balaban J connectivity index is 1.61. The lowest BCUT2D eigenvalue weighted by atomic mass is 9.95. The van der Waals surface area contributed by atoms with Crippen LogP contribution in [-0.4, -0.2) is 36.6 Å². The highest BCUT2D eigenvalue weighted by atomic mass is 35.5. The van der Waals surface area contributed by atoms with Crippen molar-refractivity contribution < 1.29 is 14.3 Å². The van der Waals surface area contributed by atoms with Crippen LogP contribution in [-0.2, 0) is 9.53 Å². The van der Waals surface area contributed by atoms with Crippen molar-refractivity contribution in [2.75, 3.05) is 6.61 Å². The molecule has 27 heavy (non-hydrogen) atoms. The number of benzene rings is 1. The summed E-state index contributed by atoms with van der Waals surface area (Å²) in [5, 5.41) is 6.65. The van der Waals surface area contributed by atoms with Gasteiger partial charge in [-0.1, -0.05) is 31.9 Å². The van der Waals surface area contributed by atoms with Gasteiger partial charge in [0.25, 0.3) is 5.91 Å². The SMILES string of the molecule is CC[C@H](C)[C@H](NC(=O)c1ccc(Cl)cc1)C(=O)N[C@H]1CCO[C@H](C2CC2)C1. The molecule has 1 aliphatic heterocycles. The Kier molecular flexibility index (Phi) is 6.77. The lowest BCUT2D eigenvalue weighted by Gasteiger charge is -2.32. The molecule has 2 amide bonds. The number of halogens is 1. The van der Waals surface area contributed by atoms with Crippen LogP contribution in [0.25, 0.3) is 0 Å². The first-order valence-corrected chi connectivity index (χ1v) is 10.3. The van der Waals surface area contributed by atoms with Crippen molar-refractivity contribution in [3.63, 3.8) is 0 Å². The van der Waals surface area contributed by atoms with Crippen molar-refractivity contribution in [2.24, 2.45) is 11.8 Å². The first-order chi connectivity index (χ1) is 13.0. The highest BCUT2D eigenvalue weighted by Gasteiger charge is 2.37. The van der Waals surface area contributed by atoms with Crippen molar-refractivity contribution in [1.29, 1.82) is 0 Å². The second-order valence-electron chi connectivity index (χ2n) is 7.82. The van der Waals surface area contributed by atoms with Crippen LogP contribution >= 0.6 is 11.6 Å². The summed E-state index contributed by atoms with van der Waals surface area (Å²) in [6, 6.07) is 6.25. The Morgan fingerprint density at radius 1 is 1.22 bits per heavy atom. The van der Waals surface area contributed by atoms with Gasteiger partial charge in [0.05, 0.1) is 6.10 Å². The third kappa shape index (κ3) is 5.45. The molecule has 4 atom stereocenters. The van der Waals surface area contributed by atoms with Gasteiger partial charge >= 0.3 is 0 Å². The Bertz CT molecular complexity index is 660. The summed E-state index contributed by atoms with van der Waals surface area (Å²) in [7, 11) is 0. The van der Waals surface area contributed by atoms with Crippen LogP contribution in [0, 0.1) is 11.8 Å². The van der Waals surface area contributed by atoms with E-state index in [0.717, 1.165) is 19.3 Å². The van der Waals surface area contributed by atoms with E-state index >= 15 is 0 Å². The van der Waals surface area contributed by atoms with Gasteiger partial charge in [-0.3, -0.25) is 9.59 Å². The topological polar surface area (TPSA) is 67.4 Å². The average Bonchev–Trinajstić information content (AvgIpc) is 3.51. The molecule has 0 aromatic heterocycles. The summed E-state index contributed by atoms with van der Waals surface area (Å²) in [6.45, 7) is 4.71. The molecule has 1 aliphatic carbocycles. The first kappa shape index (κ1) is 20.2. The maximum absolute atomic E-state index is 12.9. The van der Waals surface area contributed by atoms with Crippen LogP contribution in [0.15, 0.2) is 24.3 Å². The molecular formula is C21H29ClN2O3. The zero-order valence-corrected chi connectivity index (χ0v) is 16.8. The van der Waals surface area contributed by atoms with Gasteiger partial charge in [0, 0.05) is 23.2 Å². The van der Waals surface area contributed by atoms with E-state index < -0.39 is 6.04 Å². The molecular weight excluding hydrogens is 364 g/mol. The van der Waals surface area contributed by atoms with E-state index in [2.05, 4.69) is 10.6 Å². The third-order valence-corrected chi connectivity index (χ3v) is 5.95. The fraction of sp³-hybridized carbons (Fsp3) is 0.619. The van der Waals surface area contributed by atoms with Crippen molar-refractivity contribution in [1.82, 2.24) is 10.6 Å². The van der Waals surface area contributed by atoms with E-state index in [4.69, 9.17) is 16.3 Å². The normalized spacial score (nSPS) is 24.7. The highest BCUT2D eigenvalue weighted by molar-refractivity contribution is 6.30. The number of rotatable bonds is 7. The Hall–Kier alpha value is -1.59. The van der Waals surface area contributed by atoms with Crippen LogP contribution in [0.4, 0.5) is 0 Å². The molecule has 3 rings (SSSR count). The minimum absolute atomic E-state index is 0.0420. The van der Waals surface area contributed by atoms with Gasteiger partial charge < -0.3 is 15.4 Å². The van der Waals surface area contributed by atoms with E-state index in [1.165, 1.54) is 12.8 Å². The van der Waals surface area contributed by atoms with Crippen LogP contribution < -0.4 is 10.6 Å². The molecule has 5 nitrogen and oxygen atoms in total. The summed E-state index contributed by atoms with van der Waals surface area (Å²) in [5.41, 5.74) is 0.500. The first-order valence-electron chi connectivity index (χ1n) is 9.96. The molecule has 0 radical (unpaired) electrons. The number of amides is 2. The highest BCUT2D eigenvalue weighted by Crippen LogP contribution is 2.38.